The van der Waals surface area contributed by atoms with Gasteiger partial charge in [-0.15, -0.1) is 9.24 Å². The van der Waals surface area contributed by atoms with Crippen LogP contribution in [-0.4, -0.2) is 53.1 Å². The number of unbranched alkanes of at least 4 members (excludes halogenated alkanes) is 2. The number of aryl methyl sites for hydroxylation is 2. The first-order valence-corrected chi connectivity index (χ1v) is 18.9. The van der Waals surface area contributed by atoms with E-state index < -0.39 is 17.8 Å². The lowest BCUT2D eigenvalue weighted by Crippen LogP contribution is -2.55. The van der Waals surface area contributed by atoms with Crippen LogP contribution in [0.1, 0.15) is 119 Å². The van der Waals surface area contributed by atoms with E-state index in [1.54, 1.807) is 0 Å². The Labute approximate surface area is 290 Å². The monoisotopic (exact) mass is 677 g/mol. The third-order valence-corrected chi connectivity index (χ3v) is 11.5. The number of nitrogens with zero attached hydrogens (tertiary/aromatic N) is 5. The summed E-state index contributed by atoms with van der Waals surface area (Å²) in [5.41, 5.74) is 5.11. The van der Waals surface area contributed by atoms with Gasteiger partial charge in [0.1, 0.15) is 5.82 Å². The van der Waals surface area contributed by atoms with Gasteiger partial charge >= 0.3 is 6.01 Å². The maximum atomic E-state index is 13.9. The summed E-state index contributed by atoms with van der Waals surface area (Å²) in [6, 6.07) is 10.8. The maximum Gasteiger partial charge on any atom is 0.318 e. The number of rotatable bonds is 17. The molecule has 1 aromatic heterocycles. The predicted octanol–water partition coefficient (Wildman–Crippen LogP) is 8.86. The molecule has 1 saturated heterocycles. The van der Waals surface area contributed by atoms with Gasteiger partial charge in [-0.2, -0.15) is 15.2 Å². The van der Waals surface area contributed by atoms with Crippen molar-refractivity contribution in [2.45, 2.75) is 123 Å². The van der Waals surface area contributed by atoms with Crippen molar-refractivity contribution >= 4 is 21.0 Å². The highest BCUT2D eigenvalue weighted by atomic mass is 31.0. The molecule has 2 aromatic rings. The summed E-state index contributed by atoms with van der Waals surface area (Å²) in [6.07, 6.45) is 13.2. The summed E-state index contributed by atoms with van der Waals surface area (Å²) >= 11 is 0. The number of carbonyl (C=O) groups is 1. The second-order valence-corrected chi connectivity index (χ2v) is 14.8. The van der Waals surface area contributed by atoms with E-state index in [1.165, 1.54) is 28.9 Å². The summed E-state index contributed by atoms with van der Waals surface area (Å²) in [6.45, 7) is 13.9. The number of ether oxygens (including phenoxy) is 1. The Hall–Kier alpha value is -3.04. The minimum absolute atomic E-state index is 0.0925. The number of amides is 1. The number of aromatic nitrogens is 2. The molecule has 4 unspecified atom stereocenters. The summed E-state index contributed by atoms with van der Waals surface area (Å²) in [5.74, 6) is -0.457. The molecule has 1 amide bonds. The van der Waals surface area contributed by atoms with Crippen molar-refractivity contribution in [1.82, 2.24) is 14.9 Å². The molecule has 0 bridgehead atoms. The first-order valence-electron chi connectivity index (χ1n) is 18.3. The minimum Gasteiger partial charge on any atom is -0.463 e. The summed E-state index contributed by atoms with van der Waals surface area (Å²) < 4.78 is 20.6. The Bertz CT molecular complexity index is 1420. The Morgan fingerprint density at radius 2 is 1.85 bits per heavy atom. The van der Waals surface area contributed by atoms with Gasteiger partial charge in [0.2, 0.25) is 0 Å². The van der Waals surface area contributed by atoms with E-state index in [0.29, 0.717) is 38.2 Å². The van der Waals surface area contributed by atoms with E-state index >= 15 is 0 Å². The fraction of sp³-hybridized carbons (Fsp3) is 0.641. The zero-order chi connectivity index (χ0) is 34.7. The molecule has 48 heavy (non-hydrogen) atoms. The van der Waals surface area contributed by atoms with Crippen molar-refractivity contribution in [3.05, 3.63) is 59.1 Å². The molecule has 262 valence electrons. The van der Waals surface area contributed by atoms with Crippen LogP contribution < -0.4 is 9.64 Å². The predicted molar refractivity (Wildman–Crippen MR) is 196 cm³/mol. The number of nitriles is 1. The average molecular weight is 678 g/mol. The van der Waals surface area contributed by atoms with Crippen molar-refractivity contribution in [3.8, 4) is 12.1 Å². The summed E-state index contributed by atoms with van der Waals surface area (Å²) in [5, 5.41) is 9.61. The molecule has 4 rings (SSSR count). The molecule has 9 heteroatoms. The van der Waals surface area contributed by atoms with Crippen molar-refractivity contribution in [2.75, 3.05) is 31.1 Å². The molecule has 2 heterocycles. The number of piperazine rings is 1. The van der Waals surface area contributed by atoms with Crippen LogP contribution in [0.15, 0.2) is 36.7 Å². The Morgan fingerprint density at radius 3 is 2.50 bits per heavy atom. The SMILES string of the molecule is C=C(F)C(=O)N1CCN(c2nc(OCC(CCC)(CCCC)CCCC)nc3c2CCC(CCc2ccccc2C)C3P)CC1CC#N. The molecule has 2 aliphatic rings. The number of hydrogen-bond donors (Lipinski definition) is 0. The highest BCUT2D eigenvalue weighted by molar-refractivity contribution is 7.17. The Morgan fingerprint density at radius 1 is 1.12 bits per heavy atom. The van der Waals surface area contributed by atoms with Gasteiger partial charge < -0.3 is 14.5 Å². The molecular weight excluding hydrogens is 620 g/mol. The lowest BCUT2D eigenvalue weighted by molar-refractivity contribution is -0.131. The van der Waals surface area contributed by atoms with Crippen molar-refractivity contribution in [1.29, 1.82) is 5.26 Å². The molecule has 7 nitrogen and oxygen atoms in total. The largest absolute Gasteiger partial charge is 0.463 e. The topological polar surface area (TPSA) is 82.3 Å². The van der Waals surface area contributed by atoms with Crippen LogP contribution in [0, 0.1) is 29.6 Å². The fourth-order valence-electron chi connectivity index (χ4n) is 7.79. The standard InChI is InChI=1S/C39H57FN5O2P/c1-6-9-21-39(20-8-3,22-10-7-2)27-47-38-42-34-33(18-17-31(35(34)48)16-15-30-14-12-11-13-28(30)4)36(43-38)44-24-25-45(37(46)29(5)40)32(26-44)19-23-41/h11-14,31-32,35H,5-10,15-22,24-27,48H2,1-4H3. The van der Waals surface area contributed by atoms with Gasteiger partial charge in [-0.3, -0.25) is 4.79 Å². The van der Waals surface area contributed by atoms with Crippen LogP contribution in [0.3, 0.4) is 0 Å². The van der Waals surface area contributed by atoms with Crippen LogP contribution in [0.5, 0.6) is 6.01 Å². The lowest BCUT2D eigenvalue weighted by atomic mass is 9.75. The van der Waals surface area contributed by atoms with Gasteiger partial charge in [-0.1, -0.05) is 83.7 Å². The molecule has 0 radical (unpaired) electrons. The summed E-state index contributed by atoms with van der Waals surface area (Å²) in [7, 11) is 3.10. The molecule has 1 fully saturated rings. The van der Waals surface area contributed by atoms with Gasteiger partial charge in [0.15, 0.2) is 5.83 Å². The molecule has 4 atom stereocenters. The number of fused-ring (bicyclic) bond motifs is 1. The first kappa shape index (κ1) is 37.8. The van der Waals surface area contributed by atoms with Crippen LogP contribution in [0.4, 0.5) is 10.2 Å². The second kappa shape index (κ2) is 18.1. The van der Waals surface area contributed by atoms with E-state index in [9.17, 15) is 14.4 Å². The van der Waals surface area contributed by atoms with Gasteiger partial charge in [-0.05, 0) is 68.9 Å². The van der Waals surface area contributed by atoms with Crippen LogP contribution in [0.25, 0.3) is 0 Å². The third kappa shape index (κ3) is 9.35. The number of hydrogen-bond acceptors (Lipinski definition) is 6. The quantitative estimate of drug-likeness (QED) is 0.123. The minimum atomic E-state index is -0.995. The molecule has 1 aromatic carbocycles. The van der Waals surface area contributed by atoms with E-state index in [2.05, 4.69) is 78.7 Å². The molecule has 1 aliphatic heterocycles. The van der Waals surface area contributed by atoms with E-state index in [-0.39, 0.29) is 17.5 Å². The van der Waals surface area contributed by atoms with Gasteiger partial charge in [0.25, 0.3) is 5.91 Å². The molecule has 0 spiro atoms. The number of halogens is 1. The van der Waals surface area contributed by atoms with E-state index in [4.69, 9.17) is 14.7 Å². The average Bonchev–Trinajstić information content (AvgIpc) is 3.09. The molecule has 1 aliphatic carbocycles. The Balaban J connectivity index is 1.68. The highest BCUT2D eigenvalue weighted by Gasteiger charge is 2.37. The third-order valence-electron chi connectivity index (χ3n) is 10.6. The number of benzene rings is 1. The summed E-state index contributed by atoms with van der Waals surface area (Å²) in [4.78, 5) is 26.5. The van der Waals surface area contributed by atoms with Crippen LogP contribution in [-0.2, 0) is 17.6 Å². The van der Waals surface area contributed by atoms with Gasteiger partial charge in [0, 0.05) is 36.3 Å². The zero-order valence-electron chi connectivity index (χ0n) is 29.8. The van der Waals surface area contributed by atoms with Gasteiger partial charge in [-0.25, -0.2) is 4.39 Å². The van der Waals surface area contributed by atoms with E-state index in [0.717, 1.165) is 81.3 Å². The van der Waals surface area contributed by atoms with Crippen molar-refractivity contribution in [3.63, 3.8) is 0 Å². The van der Waals surface area contributed by atoms with Crippen molar-refractivity contribution < 1.29 is 13.9 Å². The number of anilines is 1. The Kier molecular flexibility index (Phi) is 14.2. The van der Waals surface area contributed by atoms with Gasteiger partial charge in [0.05, 0.1) is 30.8 Å². The molecule has 0 N–H and O–H groups in total. The van der Waals surface area contributed by atoms with Crippen LogP contribution >= 0.6 is 9.24 Å². The smallest absolute Gasteiger partial charge is 0.318 e. The fourth-order valence-corrected chi connectivity index (χ4v) is 8.45. The maximum absolute atomic E-state index is 13.9. The van der Waals surface area contributed by atoms with Crippen molar-refractivity contribution in [2.24, 2.45) is 11.3 Å². The highest BCUT2D eigenvalue weighted by Crippen LogP contribution is 2.46. The molecular formula is C39H57FN5O2P. The van der Waals surface area contributed by atoms with Crippen LogP contribution in [0.2, 0.25) is 0 Å². The van der Waals surface area contributed by atoms with E-state index in [1.807, 2.05) is 0 Å². The number of carbonyl (C=O) groups excluding carboxylic acids is 1. The normalized spacial score (nSPS) is 19.5. The lowest BCUT2D eigenvalue weighted by Gasteiger charge is -2.42. The zero-order valence-corrected chi connectivity index (χ0v) is 30.9. The first-order chi connectivity index (χ1) is 23.2. The molecule has 0 saturated carbocycles. The second-order valence-electron chi connectivity index (χ2n) is 14.1.